The highest BCUT2D eigenvalue weighted by Crippen LogP contribution is 2.39. The molecule has 131 heavy (non-hydrogen) atoms. The fourth-order valence-electron chi connectivity index (χ4n) is 12.0. The number of benzene rings is 8. The van der Waals surface area contributed by atoms with Gasteiger partial charge in [0, 0.05) is 110 Å². The molecule has 0 fully saturated rings. The van der Waals surface area contributed by atoms with E-state index in [0.29, 0.717) is 72.9 Å². The van der Waals surface area contributed by atoms with Gasteiger partial charge < -0.3 is 71.4 Å². The van der Waals surface area contributed by atoms with E-state index in [1.165, 1.54) is 100.0 Å². The third kappa shape index (κ3) is 26.8. The van der Waals surface area contributed by atoms with Crippen LogP contribution >= 0.6 is 67.8 Å². The molecule has 0 saturated carbocycles. The van der Waals surface area contributed by atoms with Gasteiger partial charge in [-0.1, -0.05) is 30.3 Å². The Morgan fingerprint density at radius 2 is 0.725 bits per heavy atom. The number of amides is 5. The fraction of sp³-hybridized carbons (Fsp3) is 0.247. The molecule has 4 heterocycles. The number of pyridine rings is 3. The van der Waals surface area contributed by atoms with Gasteiger partial charge in [-0.2, -0.15) is 0 Å². The van der Waals surface area contributed by atoms with Gasteiger partial charge in [-0.15, -0.1) is 0 Å². The quantitative estimate of drug-likeness (QED) is 0.0243. The summed E-state index contributed by atoms with van der Waals surface area (Å²) in [4.78, 5) is 127. The smallest absolute Gasteiger partial charge is 0.412 e. The summed E-state index contributed by atoms with van der Waals surface area (Å²) in [5, 5.41) is 37.1. The van der Waals surface area contributed by atoms with E-state index < -0.39 is 92.3 Å². The van der Waals surface area contributed by atoms with E-state index in [1.54, 1.807) is 206 Å². The Balaban J connectivity index is 0.000000215. The normalized spacial score (nSPS) is 10.9. The van der Waals surface area contributed by atoms with Gasteiger partial charge in [0.05, 0.1) is 34.1 Å². The van der Waals surface area contributed by atoms with Crippen LogP contribution in [0.5, 0.6) is 46.0 Å². The van der Waals surface area contributed by atoms with Crippen molar-refractivity contribution in [3.63, 3.8) is 0 Å². The molecular formula is C93H100F3I3N14O18. The lowest BCUT2D eigenvalue weighted by atomic mass is 10.1. The van der Waals surface area contributed by atoms with Crippen molar-refractivity contribution in [1.82, 2.24) is 33.5 Å². The average Bonchev–Trinajstić information content (AvgIpc) is 0.729. The Bertz CT molecular complexity index is 6700. The van der Waals surface area contributed by atoms with E-state index in [4.69, 9.17) is 45.0 Å². The highest BCUT2D eigenvalue weighted by Gasteiger charge is 2.29. The first kappa shape index (κ1) is 103. The number of nitrogens with one attached hydrogen (secondary N) is 7. The lowest BCUT2D eigenvalue weighted by Gasteiger charge is -2.21. The average molecular weight is 2140 g/mol. The van der Waals surface area contributed by atoms with Crippen LogP contribution in [-0.4, -0.2) is 94.0 Å². The van der Waals surface area contributed by atoms with E-state index in [-0.39, 0.29) is 85.4 Å². The maximum atomic E-state index is 15.0. The van der Waals surface area contributed by atoms with E-state index >= 15 is 4.39 Å². The number of hydrogen-bond acceptors (Lipinski definition) is 22. The number of aromatic hydroxyl groups is 2. The number of aromatic nitrogens is 5. The van der Waals surface area contributed by atoms with Gasteiger partial charge in [-0.25, -0.2) is 36.9 Å². The van der Waals surface area contributed by atoms with Gasteiger partial charge in [0.1, 0.15) is 114 Å². The molecule has 0 radical (unpaired) electrons. The molecule has 0 atom stereocenters. The number of nitrogens with two attached hydrogens (primary N) is 2. The largest absolute Gasteiger partial charge is 0.508 e. The van der Waals surface area contributed by atoms with Gasteiger partial charge >= 0.3 is 24.0 Å². The Morgan fingerprint density at radius 1 is 0.389 bits per heavy atom. The van der Waals surface area contributed by atoms with Crippen LogP contribution in [0.2, 0.25) is 0 Å². The molecule has 0 aliphatic heterocycles. The monoisotopic (exact) mass is 2140 g/mol. The minimum atomic E-state index is -0.834. The Labute approximate surface area is 792 Å². The number of carbonyl (C=O) groups excluding carboxylic acids is 5. The fourth-order valence-corrected chi connectivity index (χ4v) is 13.3. The summed E-state index contributed by atoms with van der Waals surface area (Å²) in [6.45, 7) is 24.5. The predicted octanol–water partition coefficient (Wildman–Crippen LogP) is 18.5. The molecule has 4 aromatic heterocycles. The zero-order chi connectivity index (χ0) is 97.5. The minimum absolute atomic E-state index is 0.00699. The van der Waals surface area contributed by atoms with Crippen molar-refractivity contribution in [3.8, 4) is 51.7 Å². The lowest BCUT2D eigenvalue weighted by molar-refractivity contribution is 0.0624. The topological polar surface area (TPSA) is 427 Å². The number of nitrogen functional groups attached to an aromatic ring is 2. The molecule has 0 bridgehead atoms. The van der Waals surface area contributed by atoms with Gasteiger partial charge in [0.15, 0.2) is 0 Å². The first-order chi connectivity index (χ1) is 61.2. The first-order valence-corrected chi connectivity index (χ1v) is 43.1. The zero-order valence-corrected chi connectivity index (χ0v) is 81.6. The molecule has 5 amide bonds. The number of aryl methyl sites for hydroxylation is 1. The molecule has 32 nitrogen and oxygen atoms in total. The molecule has 12 rings (SSSR count). The molecule has 692 valence electrons. The third-order valence-electron chi connectivity index (χ3n) is 18.9. The molecule has 0 aliphatic rings. The number of fused-ring (bicyclic) bond motifs is 1. The number of anilines is 9. The minimum Gasteiger partial charge on any atom is -0.508 e. The van der Waals surface area contributed by atoms with Crippen molar-refractivity contribution in [1.29, 1.82) is 0 Å². The van der Waals surface area contributed by atoms with E-state index in [9.17, 15) is 61.8 Å². The number of phenols is 2. The molecule has 0 unspecified atom stereocenters. The molecular weight excluding hydrogens is 2040 g/mol. The lowest BCUT2D eigenvalue weighted by Crippen LogP contribution is -2.40. The molecule has 0 spiro atoms. The number of hydrogen-bond donors (Lipinski definition) is 11. The summed E-state index contributed by atoms with van der Waals surface area (Å²) in [6.07, 6.45) is -1.83. The summed E-state index contributed by atoms with van der Waals surface area (Å²) < 4.78 is 85.2. The van der Waals surface area contributed by atoms with Crippen molar-refractivity contribution in [3.05, 3.63) is 283 Å². The number of nitrogens with zero attached hydrogens (tertiary/aromatic N) is 5. The number of carbonyl (C=O) groups is 5. The van der Waals surface area contributed by atoms with Crippen molar-refractivity contribution in [2.24, 2.45) is 28.2 Å². The van der Waals surface area contributed by atoms with Crippen LogP contribution in [0, 0.1) is 62.8 Å². The summed E-state index contributed by atoms with van der Waals surface area (Å²) in [6, 6.07) is 41.8. The van der Waals surface area contributed by atoms with Crippen molar-refractivity contribution < 1.29 is 75.8 Å². The summed E-state index contributed by atoms with van der Waals surface area (Å²) >= 11 is 5.92. The van der Waals surface area contributed by atoms with Crippen molar-refractivity contribution in [2.45, 2.75) is 114 Å². The summed E-state index contributed by atoms with van der Waals surface area (Å²) in [7, 11) is 8.47. The van der Waals surface area contributed by atoms with Gasteiger partial charge in [0.25, 0.3) is 34.1 Å². The van der Waals surface area contributed by atoms with E-state index in [1.807, 2.05) is 67.8 Å². The summed E-state index contributed by atoms with van der Waals surface area (Å²) in [5.74, 6) is -1.52. The van der Waals surface area contributed by atoms with Gasteiger partial charge in [-0.05, 0) is 280 Å². The maximum absolute atomic E-state index is 15.0. The Morgan fingerprint density at radius 3 is 1.11 bits per heavy atom. The Kier molecular flexibility index (Phi) is 34.3. The second kappa shape index (κ2) is 43.7. The van der Waals surface area contributed by atoms with Crippen LogP contribution in [0.1, 0.15) is 111 Å². The SMILES string of the molecule is CNC(=O)c1c(Oc2cccc(N)c2C)cc(=O)n(C)c1Nc1ccc(I)cc1F.CNC(=O)c1c(Oc2cccc(NC(=O)OC(C)(C)C)c2C)cc(=O)n(C)c1Nc1ccc(I)cc1F.Cc1c(N)cccc1O.Cc1c(NC(=O)OC(C)(C)C)cccc1Oc1cc(=O)n(C)c2c1c(=O)n(C)c(=O)n2-c1ccc(I)cc1F.Cc1c(O)cccc1NC(=O)OC(C)(C)C. The van der Waals surface area contributed by atoms with Gasteiger partial charge in [0.2, 0.25) is 0 Å². The van der Waals surface area contributed by atoms with Crippen LogP contribution in [0.15, 0.2) is 188 Å². The molecule has 13 N–H and O–H groups in total. The van der Waals surface area contributed by atoms with E-state index in [0.717, 1.165) is 25.3 Å². The van der Waals surface area contributed by atoms with Crippen LogP contribution in [0.25, 0.3) is 16.7 Å². The van der Waals surface area contributed by atoms with Crippen LogP contribution in [-0.2, 0) is 42.4 Å². The van der Waals surface area contributed by atoms with Crippen molar-refractivity contribution in [2.75, 3.05) is 52.1 Å². The highest BCUT2D eigenvalue weighted by molar-refractivity contribution is 14.1. The second-order valence-electron chi connectivity index (χ2n) is 32.1. The molecule has 0 saturated heterocycles. The third-order valence-corrected chi connectivity index (χ3v) is 20.9. The van der Waals surface area contributed by atoms with Crippen molar-refractivity contribution >= 4 is 160 Å². The standard InChI is InChI=1S/C27H26FIN4O6.C26H28FIN4O5.C21H20FIN4O3.C12H17NO3.C7H9NO/c1-14-17(30-25(36)39-27(2,3)4)8-7-9-19(14)38-20-13-21(34)31(5)23-22(20)24(35)32(6)26(37)33(23)18-11-10-15(29)12-16(18)28;1-14-17(31-25(35)37-26(2,3)4)8-7-9-19(14)36-20-13-21(33)32(6)23(22(20)24(34)29-5)30-18-11-10-15(28)12-16(18)27;1-11-14(24)5-4-6-16(11)30-17-10-18(28)27(3)20(19(17)21(29)25-2)26-15-8-7-12(23)9-13(15)22;1-8-9(6-5-7-10(8)14)13-11(15)16-12(2,3)4;1-5-6(8)3-2-4-7(5)9/h7-13H,1-6H3,(H,30,36);7-13,30H,1-6H3,(H,29,34)(H,31,35);4-10,26H,24H2,1-3H3,(H,25,29);5-7,14H,1-4H3,(H,13,15);2-4,9H,8H2,1H3. The van der Waals surface area contributed by atoms with Gasteiger partial charge in [-0.3, -0.25) is 63.0 Å². The first-order valence-electron chi connectivity index (χ1n) is 39.8. The second-order valence-corrected chi connectivity index (χ2v) is 35.8. The molecule has 0 aliphatic carbocycles. The Hall–Kier alpha value is -13.5. The zero-order valence-electron chi connectivity index (χ0n) is 75.2. The predicted molar refractivity (Wildman–Crippen MR) is 525 cm³/mol. The number of ether oxygens (including phenoxy) is 6. The number of phenolic OH excluding ortho intramolecular Hbond substituents is 2. The van der Waals surface area contributed by atoms with Crippen LogP contribution in [0.3, 0.4) is 0 Å². The number of rotatable bonds is 16. The summed E-state index contributed by atoms with van der Waals surface area (Å²) in [5.41, 5.74) is 11.9. The van der Waals surface area contributed by atoms with Crippen LogP contribution < -0.4 is 90.8 Å². The molecule has 12 aromatic rings. The number of halogens is 6. The maximum Gasteiger partial charge on any atom is 0.412 e. The molecule has 38 heteroatoms. The van der Waals surface area contributed by atoms with Crippen LogP contribution in [0.4, 0.5) is 79.0 Å². The van der Waals surface area contributed by atoms with E-state index in [2.05, 4.69) is 37.2 Å². The molecule has 8 aromatic carbocycles. The highest BCUT2D eigenvalue weighted by atomic mass is 127.